The fraction of sp³-hybridized carbons (Fsp3) is 0.250. The van der Waals surface area contributed by atoms with E-state index in [1.165, 1.54) is 0 Å². The molecule has 0 spiro atoms. The van der Waals surface area contributed by atoms with Crippen LogP contribution in [0.2, 0.25) is 0 Å². The summed E-state index contributed by atoms with van der Waals surface area (Å²) in [4.78, 5) is 14.9. The predicted molar refractivity (Wildman–Crippen MR) is 95.9 cm³/mol. The zero-order valence-electron chi connectivity index (χ0n) is 14.4. The molecule has 0 unspecified atom stereocenters. The Morgan fingerprint density at radius 2 is 1.96 bits per heavy atom. The van der Waals surface area contributed by atoms with Gasteiger partial charge in [0.25, 0.3) is 5.91 Å². The van der Waals surface area contributed by atoms with E-state index in [4.69, 9.17) is 9.47 Å². The normalized spacial score (nSPS) is 12.6. The molecule has 2 aromatic carbocycles. The average molecular weight is 336 g/mol. The highest BCUT2D eigenvalue weighted by molar-refractivity contribution is 6.06. The van der Waals surface area contributed by atoms with Crippen molar-refractivity contribution in [2.24, 2.45) is 7.05 Å². The van der Waals surface area contributed by atoms with E-state index in [9.17, 15) is 4.79 Å². The Bertz CT molecular complexity index is 945. The second kappa shape index (κ2) is 6.16. The standard InChI is InChI=1S/C20H20N2O3/c1-3-22(11-14-8-9-18-19(10-14)25-13-24-18)20(23)16-12-21(2)17-7-5-4-6-15(16)17/h4-10,12H,3,11,13H2,1-2H3. The highest BCUT2D eigenvalue weighted by atomic mass is 16.7. The molecule has 2 heterocycles. The Labute approximate surface area is 146 Å². The van der Waals surface area contributed by atoms with Gasteiger partial charge in [-0.1, -0.05) is 24.3 Å². The Kier molecular flexibility index (Phi) is 3.84. The fourth-order valence-electron chi connectivity index (χ4n) is 3.27. The maximum absolute atomic E-state index is 13.1. The maximum Gasteiger partial charge on any atom is 0.256 e. The first kappa shape index (κ1) is 15.6. The van der Waals surface area contributed by atoms with Crippen LogP contribution in [0.1, 0.15) is 22.8 Å². The van der Waals surface area contributed by atoms with Crippen molar-refractivity contribution in [2.75, 3.05) is 13.3 Å². The molecule has 0 atom stereocenters. The minimum Gasteiger partial charge on any atom is -0.454 e. The van der Waals surface area contributed by atoms with Crippen LogP contribution < -0.4 is 9.47 Å². The Morgan fingerprint density at radius 1 is 1.16 bits per heavy atom. The summed E-state index contributed by atoms with van der Waals surface area (Å²) in [5, 5.41) is 0.985. The molecule has 0 aliphatic carbocycles. The van der Waals surface area contributed by atoms with Crippen molar-refractivity contribution in [2.45, 2.75) is 13.5 Å². The van der Waals surface area contributed by atoms with E-state index in [2.05, 4.69) is 0 Å². The quantitative estimate of drug-likeness (QED) is 0.731. The molecule has 1 aliphatic rings. The van der Waals surface area contributed by atoms with Crippen molar-refractivity contribution in [3.63, 3.8) is 0 Å². The molecule has 5 heteroatoms. The van der Waals surface area contributed by atoms with Gasteiger partial charge in [0.2, 0.25) is 6.79 Å². The number of nitrogens with zero attached hydrogens (tertiary/aromatic N) is 2. The summed E-state index contributed by atoms with van der Waals surface area (Å²) in [6.07, 6.45) is 1.91. The summed E-state index contributed by atoms with van der Waals surface area (Å²) in [5.41, 5.74) is 2.82. The number of carbonyl (C=O) groups is 1. The molecule has 1 aromatic heterocycles. The lowest BCUT2D eigenvalue weighted by molar-refractivity contribution is 0.0754. The molecule has 1 aliphatic heterocycles. The Balaban J connectivity index is 1.63. The molecule has 0 saturated carbocycles. The monoisotopic (exact) mass is 336 g/mol. The lowest BCUT2D eigenvalue weighted by Crippen LogP contribution is -2.30. The third-order valence-corrected chi connectivity index (χ3v) is 4.61. The van der Waals surface area contributed by atoms with Crippen molar-refractivity contribution in [1.29, 1.82) is 0 Å². The van der Waals surface area contributed by atoms with Gasteiger partial charge in [-0.2, -0.15) is 0 Å². The molecule has 0 N–H and O–H groups in total. The number of para-hydroxylation sites is 1. The zero-order valence-corrected chi connectivity index (χ0v) is 14.4. The number of fused-ring (bicyclic) bond motifs is 2. The zero-order chi connectivity index (χ0) is 17.4. The number of carbonyl (C=O) groups excluding carboxylic acids is 1. The number of ether oxygens (including phenoxy) is 2. The first-order chi connectivity index (χ1) is 12.2. The predicted octanol–water partition coefficient (Wildman–Crippen LogP) is 3.57. The molecule has 0 fully saturated rings. The minimum absolute atomic E-state index is 0.0389. The van der Waals surface area contributed by atoms with Crippen LogP contribution in [0.15, 0.2) is 48.7 Å². The Hall–Kier alpha value is -2.95. The molecule has 25 heavy (non-hydrogen) atoms. The first-order valence-electron chi connectivity index (χ1n) is 8.39. The fourth-order valence-corrected chi connectivity index (χ4v) is 3.27. The van der Waals surface area contributed by atoms with E-state index in [0.717, 1.165) is 33.5 Å². The van der Waals surface area contributed by atoms with Gasteiger partial charge in [-0.15, -0.1) is 0 Å². The molecule has 3 aromatic rings. The SMILES string of the molecule is CCN(Cc1ccc2c(c1)OCO2)C(=O)c1cn(C)c2ccccc12. The van der Waals surface area contributed by atoms with E-state index >= 15 is 0 Å². The molecule has 0 radical (unpaired) electrons. The first-order valence-corrected chi connectivity index (χ1v) is 8.39. The topological polar surface area (TPSA) is 43.7 Å². The van der Waals surface area contributed by atoms with Crippen molar-refractivity contribution in [3.05, 3.63) is 59.8 Å². The molecule has 128 valence electrons. The molecule has 0 bridgehead atoms. The van der Waals surface area contributed by atoms with Gasteiger partial charge in [0.1, 0.15) is 0 Å². The van der Waals surface area contributed by atoms with E-state index in [0.29, 0.717) is 13.1 Å². The molecule has 0 saturated heterocycles. The summed E-state index contributed by atoms with van der Waals surface area (Å²) >= 11 is 0. The Morgan fingerprint density at radius 3 is 2.80 bits per heavy atom. The van der Waals surface area contributed by atoms with Crippen LogP contribution in [0.5, 0.6) is 11.5 Å². The smallest absolute Gasteiger partial charge is 0.256 e. The summed E-state index contributed by atoms with van der Waals surface area (Å²) < 4.78 is 12.8. The highest BCUT2D eigenvalue weighted by Gasteiger charge is 2.20. The van der Waals surface area contributed by atoms with Crippen LogP contribution in [0.3, 0.4) is 0 Å². The second-order valence-electron chi connectivity index (χ2n) is 6.18. The van der Waals surface area contributed by atoms with Gasteiger partial charge < -0.3 is 18.9 Å². The van der Waals surface area contributed by atoms with Gasteiger partial charge in [0.05, 0.1) is 5.56 Å². The van der Waals surface area contributed by atoms with E-state index in [1.807, 2.05) is 72.1 Å². The lowest BCUT2D eigenvalue weighted by atomic mass is 10.1. The van der Waals surface area contributed by atoms with Gasteiger partial charge in [0.15, 0.2) is 11.5 Å². The maximum atomic E-state index is 13.1. The second-order valence-corrected chi connectivity index (χ2v) is 6.18. The van der Waals surface area contributed by atoms with Crippen LogP contribution in [0, 0.1) is 0 Å². The summed E-state index contributed by atoms with van der Waals surface area (Å²) in [6, 6.07) is 13.8. The number of hydrogen-bond donors (Lipinski definition) is 0. The van der Waals surface area contributed by atoms with Crippen molar-refractivity contribution in [3.8, 4) is 11.5 Å². The highest BCUT2D eigenvalue weighted by Crippen LogP contribution is 2.33. The van der Waals surface area contributed by atoms with E-state index in [-0.39, 0.29) is 12.7 Å². The van der Waals surface area contributed by atoms with Crippen LogP contribution in [0.4, 0.5) is 0 Å². The molecular formula is C20H20N2O3. The van der Waals surface area contributed by atoms with Gasteiger partial charge in [-0.25, -0.2) is 0 Å². The van der Waals surface area contributed by atoms with Gasteiger partial charge in [-0.3, -0.25) is 4.79 Å². The van der Waals surface area contributed by atoms with E-state index in [1.54, 1.807) is 0 Å². The number of benzene rings is 2. The van der Waals surface area contributed by atoms with E-state index < -0.39 is 0 Å². The largest absolute Gasteiger partial charge is 0.454 e. The minimum atomic E-state index is 0.0389. The van der Waals surface area contributed by atoms with Gasteiger partial charge in [0, 0.05) is 37.2 Å². The molecule has 5 nitrogen and oxygen atoms in total. The van der Waals surface area contributed by atoms with Crippen molar-refractivity contribution in [1.82, 2.24) is 9.47 Å². The third-order valence-electron chi connectivity index (χ3n) is 4.61. The lowest BCUT2D eigenvalue weighted by Gasteiger charge is -2.21. The van der Waals surface area contributed by atoms with Crippen LogP contribution in [0.25, 0.3) is 10.9 Å². The third kappa shape index (κ3) is 2.71. The summed E-state index contributed by atoms with van der Waals surface area (Å²) in [5.74, 6) is 1.54. The van der Waals surface area contributed by atoms with Gasteiger partial charge in [-0.05, 0) is 30.7 Å². The number of aryl methyl sites for hydroxylation is 1. The molecule has 4 rings (SSSR count). The average Bonchev–Trinajstić information content (AvgIpc) is 3.23. The summed E-state index contributed by atoms with van der Waals surface area (Å²) in [7, 11) is 1.97. The number of amides is 1. The van der Waals surface area contributed by atoms with Crippen LogP contribution in [-0.4, -0.2) is 28.7 Å². The number of aromatic nitrogens is 1. The number of rotatable bonds is 4. The molecular weight excluding hydrogens is 316 g/mol. The van der Waals surface area contributed by atoms with Gasteiger partial charge >= 0.3 is 0 Å². The molecule has 1 amide bonds. The van der Waals surface area contributed by atoms with Crippen molar-refractivity contribution >= 4 is 16.8 Å². The van der Waals surface area contributed by atoms with Crippen LogP contribution >= 0.6 is 0 Å². The summed E-state index contributed by atoms with van der Waals surface area (Å²) in [6.45, 7) is 3.42. The van der Waals surface area contributed by atoms with Crippen molar-refractivity contribution < 1.29 is 14.3 Å². The number of hydrogen-bond acceptors (Lipinski definition) is 3. The van der Waals surface area contributed by atoms with Crippen LogP contribution in [-0.2, 0) is 13.6 Å².